The summed E-state index contributed by atoms with van der Waals surface area (Å²) in [6.45, 7) is 3.77. The largest absolute Gasteiger partial charge is 0.467 e. The van der Waals surface area contributed by atoms with Crippen LogP contribution >= 0.6 is 0 Å². The van der Waals surface area contributed by atoms with Crippen LogP contribution in [0, 0.1) is 5.92 Å². The van der Waals surface area contributed by atoms with Gasteiger partial charge in [-0.2, -0.15) is 0 Å². The number of rotatable bonds is 11. The molecule has 45 heavy (non-hydrogen) atoms. The van der Waals surface area contributed by atoms with Crippen LogP contribution in [0.4, 0.5) is 10.5 Å². The van der Waals surface area contributed by atoms with Crippen molar-refractivity contribution in [1.82, 2.24) is 10.2 Å². The third kappa shape index (κ3) is 8.27. The molecule has 3 aromatic rings. The lowest BCUT2D eigenvalue weighted by Gasteiger charge is -2.43. The van der Waals surface area contributed by atoms with Gasteiger partial charge in [-0.3, -0.25) is 4.90 Å². The summed E-state index contributed by atoms with van der Waals surface area (Å²) >= 11 is 0. The van der Waals surface area contributed by atoms with E-state index in [0.29, 0.717) is 18.7 Å². The summed E-state index contributed by atoms with van der Waals surface area (Å²) in [5, 5.41) is 25.0. The van der Waals surface area contributed by atoms with Crippen LogP contribution in [-0.2, 0) is 32.0 Å². The van der Waals surface area contributed by atoms with Gasteiger partial charge in [0.2, 0.25) is 0 Å². The third-order valence-corrected chi connectivity index (χ3v) is 8.74. The number of nitrogens with zero attached hydrogens (tertiary/aromatic N) is 1. The highest BCUT2D eigenvalue weighted by molar-refractivity contribution is 5.92. The van der Waals surface area contributed by atoms with E-state index in [1.54, 1.807) is 12.1 Å². The molecular formula is C35H43N3O7. The Morgan fingerprint density at radius 3 is 2.47 bits per heavy atom. The van der Waals surface area contributed by atoms with E-state index in [1.165, 1.54) is 7.11 Å². The minimum Gasteiger partial charge on any atom is -0.467 e. The lowest BCUT2D eigenvalue weighted by atomic mass is 9.90. The van der Waals surface area contributed by atoms with Crippen molar-refractivity contribution in [2.45, 2.75) is 63.4 Å². The molecule has 10 heteroatoms. The van der Waals surface area contributed by atoms with Crippen molar-refractivity contribution in [3.05, 3.63) is 101 Å². The zero-order valence-corrected chi connectivity index (χ0v) is 25.8. The lowest BCUT2D eigenvalue weighted by molar-refractivity contribution is -0.276. The first kappa shape index (κ1) is 32.6. The molecule has 6 atom stereocenters. The summed E-state index contributed by atoms with van der Waals surface area (Å²) in [7, 11) is 1.30. The number of urea groups is 1. The number of aliphatic hydroxyl groups is 2. The molecule has 2 amide bonds. The standard InChI is InChI=1S/C35H43N3O7/c1-23-31(20-38-17-7-12-29(38)22-40)44-34(45-32(23)26-15-13-25(21-39)14-16-26)27-10-6-11-28(19-27)36-35(42)37-30(33(41)43-2)18-24-8-4-3-5-9-24/h3-6,8-11,13-16,19,23,29-32,34,39-40H,7,12,17-18,20-22H2,1-2H3,(H2,36,37,42)/t23-,29-,30-,31+,32+,34+/m0/s1. The van der Waals surface area contributed by atoms with Gasteiger partial charge in [0, 0.05) is 36.2 Å². The van der Waals surface area contributed by atoms with Crippen molar-refractivity contribution in [3.8, 4) is 0 Å². The van der Waals surface area contributed by atoms with Crippen molar-refractivity contribution in [2.24, 2.45) is 5.92 Å². The van der Waals surface area contributed by atoms with Gasteiger partial charge in [-0.05, 0) is 48.2 Å². The van der Waals surface area contributed by atoms with Crippen molar-refractivity contribution in [1.29, 1.82) is 0 Å². The lowest BCUT2D eigenvalue weighted by Crippen LogP contribution is -2.46. The molecule has 2 saturated heterocycles. The van der Waals surface area contributed by atoms with E-state index >= 15 is 0 Å². The monoisotopic (exact) mass is 617 g/mol. The van der Waals surface area contributed by atoms with Crippen molar-refractivity contribution in [2.75, 3.05) is 32.1 Å². The summed E-state index contributed by atoms with van der Waals surface area (Å²) < 4.78 is 18.1. The molecule has 10 nitrogen and oxygen atoms in total. The fourth-order valence-corrected chi connectivity index (χ4v) is 6.18. The second kappa shape index (κ2) is 15.5. The Morgan fingerprint density at radius 1 is 0.978 bits per heavy atom. The van der Waals surface area contributed by atoms with Crippen LogP contribution in [0.25, 0.3) is 0 Å². The normalized spacial score (nSPS) is 24.1. The summed E-state index contributed by atoms with van der Waals surface area (Å²) in [4.78, 5) is 27.8. The van der Waals surface area contributed by atoms with Gasteiger partial charge in [-0.15, -0.1) is 0 Å². The Bertz CT molecular complexity index is 1400. The quantitative estimate of drug-likeness (QED) is 0.234. The average molecular weight is 618 g/mol. The molecule has 0 bridgehead atoms. The van der Waals surface area contributed by atoms with E-state index in [4.69, 9.17) is 14.2 Å². The Hall–Kier alpha value is -3.80. The molecule has 0 aliphatic carbocycles. The Balaban J connectivity index is 1.33. The molecule has 2 aliphatic heterocycles. The molecule has 2 heterocycles. The number of ether oxygens (including phenoxy) is 3. The van der Waals surface area contributed by atoms with Crippen LogP contribution in [0.1, 0.15) is 54.4 Å². The minimum atomic E-state index is -0.862. The molecule has 240 valence electrons. The van der Waals surface area contributed by atoms with Crippen LogP contribution in [0.3, 0.4) is 0 Å². The number of anilines is 1. The number of methoxy groups -OCH3 is 1. The first-order valence-corrected chi connectivity index (χ1v) is 15.5. The summed E-state index contributed by atoms with van der Waals surface area (Å²) in [5.41, 5.74) is 3.95. The number of aliphatic hydroxyl groups excluding tert-OH is 2. The fourth-order valence-electron chi connectivity index (χ4n) is 6.18. The maximum absolute atomic E-state index is 13.0. The van der Waals surface area contributed by atoms with Gasteiger partial charge >= 0.3 is 12.0 Å². The molecule has 2 fully saturated rings. The number of hydrogen-bond donors (Lipinski definition) is 4. The van der Waals surface area contributed by atoms with Crippen molar-refractivity contribution in [3.63, 3.8) is 0 Å². The summed E-state index contributed by atoms with van der Waals surface area (Å²) in [5.74, 6) is -0.528. The highest BCUT2D eigenvalue weighted by atomic mass is 16.7. The zero-order chi connectivity index (χ0) is 31.8. The number of carbonyl (C=O) groups excluding carboxylic acids is 2. The Labute approximate surface area is 264 Å². The van der Waals surface area contributed by atoms with Gasteiger partial charge < -0.3 is 35.1 Å². The predicted octanol–water partition coefficient (Wildman–Crippen LogP) is 4.33. The predicted molar refractivity (Wildman–Crippen MR) is 169 cm³/mol. The van der Waals surface area contributed by atoms with Crippen LogP contribution in [0.5, 0.6) is 0 Å². The molecule has 0 saturated carbocycles. The van der Waals surface area contributed by atoms with Crippen LogP contribution < -0.4 is 10.6 Å². The topological polar surface area (TPSA) is 130 Å². The first-order valence-electron chi connectivity index (χ1n) is 15.5. The van der Waals surface area contributed by atoms with Crippen LogP contribution in [0.2, 0.25) is 0 Å². The number of likely N-dealkylation sites (tertiary alicyclic amines) is 1. The van der Waals surface area contributed by atoms with Crippen molar-refractivity contribution < 1.29 is 34.0 Å². The SMILES string of the molecule is COC(=O)[C@H](Cc1ccccc1)NC(=O)Nc1cccc([C@@H]2O[C@H](CN3CCC[C@H]3CO)[C@H](C)[C@H](c3ccc(CO)cc3)O2)c1. The molecule has 5 rings (SSSR count). The van der Waals surface area contributed by atoms with E-state index in [9.17, 15) is 19.8 Å². The third-order valence-electron chi connectivity index (χ3n) is 8.74. The van der Waals surface area contributed by atoms with E-state index in [1.807, 2.05) is 66.7 Å². The first-order chi connectivity index (χ1) is 21.9. The van der Waals surface area contributed by atoms with Crippen molar-refractivity contribution >= 4 is 17.7 Å². The number of amides is 2. The van der Waals surface area contributed by atoms with E-state index in [-0.39, 0.29) is 37.4 Å². The second-order valence-electron chi connectivity index (χ2n) is 11.8. The Morgan fingerprint density at radius 2 is 1.76 bits per heavy atom. The van der Waals surface area contributed by atoms with E-state index in [2.05, 4.69) is 22.5 Å². The van der Waals surface area contributed by atoms with Gasteiger partial charge in [0.15, 0.2) is 6.29 Å². The highest BCUT2D eigenvalue weighted by Crippen LogP contribution is 2.42. The van der Waals surface area contributed by atoms with Gasteiger partial charge in [0.25, 0.3) is 0 Å². The van der Waals surface area contributed by atoms with E-state index < -0.39 is 24.3 Å². The second-order valence-corrected chi connectivity index (χ2v) is 11.8. The van der Waals surface area contributed by atoms with Crippen LogP contribution in [0.15, 0.2) is 78.9 Å². The number of esters is 1. The van der Waals surface area contributed by atoms with E-state index in [0.717, 1.165) is 41.6 Å². The van der Waals surface area contributed by atoms with Gasteiger partial charge in [-0.25, -0.2) is 9.59 Å². The van der Waals surface area contributed by atoms with Crippen LogP contribution in [-0.4, -0.2) is 72.1 Å². The number of benzene rings is 3. The molecule has 0 aromatic heterocycles. The number of carbonyl (C=O) groups is 2. The maximum atomic E-state index is 13.0. The smallest absolute Gasteiger partial charge is 0.328 e. The molecule has 0 radical (unpaired) electrons. The minimum absolute atomic E-state index is 0.00752. The zero-order valence-electron chi connectivity index (χ0n) is 25.8. The fraction of sp³-hybridized carbons (Fsp3) is 0.429. The number of nitrogens with one attached hydrogen (secondary N) is 2. The molecule has 3 aromatic carbocycles. The molecule has 0 spiro atoms. The maximum Gasteiger partial charge on any atom is 0.328 e. The van der Waals surface area contributed by atoms with Gasteiger partial charge in [0.1, 0.15) is 6.04 Å². The highest BCUT2D eigenvalue weighted by Gasteiger charge is 2.40. The number of hydrogen-bond acceptors (Lipinski definition) is 8. The molecule has 4 N–H and O–H groups in total. The molecular weight excluding hydrogens is 574 g/mol. The van der Waals surface area contributed by atoms with Gasteiger partial charge in [-0.1, -0.05) is 73.7 Å². The summed E-state index contributed by atoms with van der Waals surface area (Å²) in [6, 6.07) is 23.2. The average Bonchev–Trinajstić information content (AvgIpc) is 3.52. The summed E-state index contributed by atoms with van der Waals surface area (Å²) in [6.07, 6.45) is 1.11. The molecule has 0 unspecified atom stereocenters. The molecule has 2 aliphatic rings. The van der Waals surface area contributed by atoms with Gasteiger partial charge in [0.05, 0.1) is 32.5 Å². The Kier molecular flexibility index (Phi) is 11.2.